The summed E-state index contributed by atoms with van der Waals surface area (Å²) in [5, 5.41) is 11.9. The van der Waals surface area contributed by atoms with Crippen molar-refractivity contribution < 1.29 is 14.4 Å². The topological polar surface area (TPSA) is 76.2 Å². The fraction of sp³-hybridized carbons (Fsp3) is 0.300. The number of carbonyl (C=O) groups is 1. The van der Waals surface area contributed by atoms with Crippen molar-refractivity contribution in [2.75, 3.05) is 0 Å². The predicted molar refractivity (Wildman–Crippen MR) is 53.5 cm³/mol. The Kier molecular flexibility index (Phi) is 3.79. The molecule has 0 unspecified atom stereocenters. The molecule has 5 nitrogen and oxygen atoms in total. The minimum Gasteiger partial charge on any atom is -0.475 e. The molecule has 1 aromatic rings. The first-order valence-electron chi connectivity index (χ1n) is 4.48. The molecule has 1 aromatic heterocycles. The minimum absolute atomic E-state index is 0.302. The molecule has 15 heavy (non-hydrogen) atoms. The molecular weight excluding hydrogens is 196 g/mol. The summed E-state index contributed by atoms with van der Waals surface area (Å²) in [7, 11) is 0. The molecule has 0 atom stereocenters. The summed E-state index contributed by atoms with van der Waals surface area (Å²) in [5.41, 5.74) is 1.02. The van der Waals surface area contributed by atoms with E-state index in [0.717, 1.165) is 5.57 Å². The number of nitrogens with zero attached hydrogens (tertiary/aromatic N) is 2. The first kappa shape index (κ1) is 11.2. The molecule has 0 amide bonds. The second-order valence-corrected chi connectivity index (χ2v) is 3.03. The van der Waals surface area contributed by atoms with E-state index in [1.807, 2.05) is 32.1 Å². The molecule has 0 saturated carbocycles. The zero-order chi connectivity index (χ0) is 11.3. The average molecular weight is 208 g/mol. The quantitative estimate of drug-likeness (QED) is 0.764. The van der Waals surface area contributed by atoms with Crippen LogP contribution in [0.5, 0.6) is 0 Å². The lowest BCUT2D eigenvalue weighted by atomic mass is 10.2. The third-order valence-electron chi connectivity index (χ3n) is 1.66. The van der Waals surface area contributed by atoms with Crippen LogP contribution in [0.3, 0.4) is 0 Å². The van der Waals surface area contributed by atoms with Gasteiger partial charge in [-0.25, -0.2) is 4.79 Å². The molecule has 0 radical (unpaired) electrons. The molecule has 1 heterocycles. The van der Waals surface area contributed by atoms with E-state index in [0.29, 0.717) is 12.3 Å². The number of hydrogen-bond acceptors (Lipinski definition) is 4. The highest BCUT2D eigenvalue weighted by molar-refractivity contribution is 5.82. The van der Waals surface area contributed by atoms with Crippen LogP contribution < -0.4 is 0 Å². The molecule has 0 aliphatic rings. The third-order valence-corrected chi connectivity index (χ3v) is 1.66. The summed E-state index contributed by atoms with van der Waals surface area (Å²) in [6, 6.07) is 0. The van der Waals surface area contributed by atoms with E-state index in [9.17, 15) is 4.79 Å². The fourth-order valence-corrected chi connectivity index (χ4v) is 0.971. The van der Waals surface area contributed by atoms with Gasteiger partial charge >= 0.3 is 5.97 Å². The average Bonchev–Trinajstić information content (AvgIpc) is 2.63. The van der Waals surface area contributed by atoms with Crippen LogP contribution in [0.4, 0.5) is 0 Å². The maximum Gasteiger partial charge on any atom is 0.377 e. The highest BCUT2D eigenvalue weighted by Gasteiger charge is 2.12. The second kappa shape index (κ2) is 5.09. The predicted octanol–water partition coefficient (Wildman–Crippen LogP) is 1.83. The number of aromatic carboxylic acids is 1. The monoisotopic (exact) mass is 208 g/mol. The van der Waals surface area contributed by atoms with Crippen molar-refractivity contribution in [2.45, 2.75) is 20.3 Å². The Morgan fingerprint density at radius 2 is 2.33 bits per heavy atom. The van der Waals surface area contributed by atoms with Crippen LogP contribution >= 0.6 is 0 Å². The molecular formula is C10H12N2O3. The van der Waals surface area contributed by atoms with Crippen molar-refractivity contribution in [3.8, 4) is 0 Å². The number of hydrogen-bond donors (Lipinski definition) is 1. The van der Waals surface area contributed by atoms with Crippen molar-refractivity contribution in [3.05, 3.63) is 35.5 Å². The zero-order valence-electron chi connectivity index (χ0n) is 8.60. The maximum absolute atomic E-state index is 10.5. The van der Waals surface area contributed by atoms with Gasteiger partial charge in [-0.1, -0.05) is 23.8 Å². The summed E-state index contributed by atoms with van der Waals surface area (Å²) >= 11 is 0. The molecule has 0 aromatic carbocycles. The molecule has 0 spiro atoms. The molecule has 0 fully saturated rings. The van der Waals surface area contributed by atoms with Gasteiger partial charge in [0.05, 0.1) is 0 Å². The Balaban J connectivity index is 2.69. The van der Waals surface area contributed by atoms with E-state index in [1.54, 1.807) is 0 Å². The molecule has 0 aliphatic heterocycles. The molecule has 80 valence electrons. The van der Waals surface area contributed by atoms with Crippen molar-refractivity contribution in [1.82, 2.24) is 10.1 Å². The van der Waals surface area contributed by atoms with E-state index in [4.69, 9.17) is 9.63 Å². The molecule has 1 rings (SSSR count). The van der Waals surface area contributed by atoms with Crippen LogP contribution in [0.25, 0.3) is 0 Å². The molecule has 0 bridgehead atoms. The summed E-state index contributed by atoms with van der Waals surface area (Å²) in [4.78, 5) is 14.2. The van der Waals surface area contributed by atoms with E-state index in [-0.39, 0.29) is 5.82 Å². The summed E-state index contributed by atoms with van der Waals surface area (Å²) in [6.45, 7) is 3.82. The van der Waals surface area contributed by atoms with Gasteiger partial charge in [-0.15, -0.1) is 0 Å². The number of allylic oxidation sites excluding steroid dienone is 4. The smallest absolute Gasteiger partial charge is 0.377 e. The Labute approximate surface area is 87.1 Å². The van der Waals surface area contributed by atoms with Gasteiger partial charge < -0.3 is 9.63 Å². The zero-order valence-corrected chi connectivity index (χ0v) is 8.60. The van der Waals surface area contributed by atoms with Gasteiger partial charge in [-0.05, 0) is 19.0 Å². The molecule has 0 saturated heterocycles. The Morgan fingerprint density at radius 1 is 1.60 bits per heavy atom. The maximum atomic E-state index is 10.5. The van der Waals surface area contributed by atoms with E-state index >= 15 is 0 Å². The van der Waals surface area contributed by atoms with Gasteiger partial charge in [0.15, 0.2) is 0 Å². The van der Waals surface area contributed by atoms with Gasteiger partial charge in [0.1, 0.15) is 0 Å². The lowest BCUT2D eigenvalue weighted by molar-refractivity contribution is 0.0680. The van der Waals surface area contributed by atoms with Crippen LogP contribution in [-0.4, -0.2) is 21.2 Å². The van der Waals surface area contributed by atoms with E-state index in [1.165, 1.54) is 0 Å². The second-order valence-electron chi connectivity index (χ2n) is 3.03. The van der Waals surface area contributed by atoms with E-state index < -0.39 is 5.97 Å². The lowest BCUT2D eigenvalue weighted by Gasteiger charge is -1.92. The van der Waals surface area contributed by atoms with E-state index in [2.05, 4.69) is 10.1 Å². The fourth-order valence-electron chi connectivity index (χ4n) is 0.971. The number of carboxylic acid groups (broad SMARTS) is 1. The van der Waals surface area contributed by atoms with Gasteiger partial charge in [-0.3, -0.25) is 0 Å². The van der Waals surface area contributed by atoms with Gasteiger partial charge in [0.2, 0.25) is 5.89 Å². The summed E-state index contributed by atoms with van der Waals surface area (Å²) < 4.78 is 4.77. The van der Waals surface area contributed by atoms with Crippen LogP contribution in [0.1, 0.15) is 30.4 Å². The van der Waals surface area contributed by atoms with Gasteiger partial charge in [0, 0.05) is 6.42 Å². The first-order chi connectivity index (χ1) is 7.13. The van der Waals surface area contributed by atoms with Crippen LogP contribution in [0.2, 0.25) is 0 Å². The number of rotatable bonds is 4. The number of carboxylic acids is 1. The standard InChI is InChI=1S/C10H12N2O3/c1-3-4-5-7(2)6-8-11-9(10(13)14)12-15-8/h3-5H,6H2,1-2H3,(H,13,14)/b4-3-,7-5+. The lowest BCUT2D eigenvalue weighted by Crippen LogP contribution is -1.98. The highest BCUT2D eigenvalue weighted by Crippen LogP contribution is 2.05. The molecule has 1 N–H and O–H groups in total. The summed E-state index contributed by atoms with van der Waals surface area (Å²) in [6.07, 6.45) is 6.17. The van der Waals surface area contributed by atoms with Crippen molar-refractivity contribution in [1.29, 1.82) is 0 Å². The van der Waals surface area contributed by atoms with Crippen LogP contribution in [0, 0.1) is 0 Å². The van der Waals surface area contributed by atoms with Crippen LogP contribution in [0.15, 0.2) is 28.3 Å². The third kappa shape index (κ3) is 3.38. The largest absolute Gasteiger partial charge is 0.475 e. The first-order valence-corrected chi connectivity index (χ1v) is 4.48. The Hall–Kier alpha value is -1.91. The van der Waals surface area contributed by atoms with Crippen molar-refractivity contribution in [2.24, 2.45) is 0 Å². The van der Waals surface area contributed by atoms with Crippen molar-refractivity contribution >= 4 is 5.97 Å². The minimum atomic E-state index is -1.18. The molecule has 0 aliphatic carbocycles. The Bertz CT molecular complexity index is 405. The molecule has 5 heteroatoms. The highest BCUT2D eigenvalue weighted by atomic mass is 16.5. The summed E-state index contributed by atoms with van der Waals surface area (Å²) in [5.74, 6) is -1.17. The Morgan fingerprint density at radius 3 is 2.87 bits per heavy atom. The number of aromatic nitrogens is 2. The van der Waals surface area contributed by atoms with Crippen LogP contribution in [-0.2, 0) is 6.42 Å². The van der Waals surface area contributed by atoms with Gasteiger partial charge in [0.25, 0.3) is 5.82 Å². The van der Waals surface area contributed by atoms with Gasteiger partial charge in [-0.2, -0.15) is 4.98 Å². The SMILES string of the molecule is C/C=C\C=C(/C)Cc1nc(C(=O)O)no1. The van der Waals surface area contributed by atoms with Crippen molar-refractivity contribution in [3.63, 3.8) is 0 Å². The normalized spacial score (nSPS) is 12.3.